The van der Waals surface area contributed by atoms with Crippen molar-refractivity contribution in [2.24, 2.45) is 0 Å². The summed E-state index contributed by atoms with van der Waals surface area (Å²) in [5.41, 5.74) is 1.15. The van der Waals surface area contributed by atoms with E-state index >= 15 is 0 Å². The maximum atomic E-state index is 9.34. The highest BCUT2D eigenvalue weighted by molar-refractivity contribution is 5.13. The average Bonchev–Trinajstić information content (AvgIpc) is 2.29. The molecule has 0 heterocycles. The Labute approximate surface area is 96.7 Å². The first kappa shape index (κ1) is 13.2. The lowest BCUT2D eigenvalue weighted by atomic mass is 10.1. The lowest BCUT2D eigenvalue weighted by Crippen LogP contribution is -2.22. The quantitative estimate of drug-likeness (QED) is 0.693. The first-order chi connectivity index (χ1) is 7.70. The topological polar surface area (TPSA) is 49.7 Å². The minimum atomic E-state index is -0.658. The fourth-order valence-corrected chi connectivity index (χ4v) is 1.40. The molecule has 2 N–H and O–H groups in total. The predicted molar refractivity (Wildman–Crippen MR) is 63.0 cm³/mol. The normalized spacial score (nSPS) is 14.7. The van der Waals surface area contributed by atoms with E-state index in [1.165, 1.54) is 0 Å². The highest BCUT2D eigenvalue weighted by Gasteiger charge is 2.09. The van der Waals surface area contributed by atoms with E-state index in [0.717, 1.165) is 12.0 Å². The maximum absolute atomic E-state index is 9.34. The van der Waals surface area contributed by atoms with E-state index in [1.54, 1.807) is 6.92 Å². The zero-order valence-electron chi connectivity index (χ0n) is 9.67. The van der Waals surface area contributed by atoms with E-state index in [2.05, 4.69) is 0 Å². The summed E-state index contributed by atoms with van der Waals surface area (Å²) in [6.07, 6.45) is 0.0418. The molecule has 0 spiro atoms. The Morgan fingerprint density at radius 3 is 2.50 bits per heavy atom. The molecule has 0 saturated carbocycles. The van der Waals surface area contributed by atoms with Gasteiger partial charge in [-0.15, -0.1) is 0 Å². The number of hydrogen-bond acceptors (Lipinski definition) is 3. The number of ether oxygens (including phenoxy) is 1. The standard InChI is InChI=1S/C13H20O3/c1-11(14)13(15)8-5-9-16-10-12-6-3-2-4-7-12/h2-4,6-7,11,13-15H,5,8-10H2,1H3/t11-,13+/m1/s1. The van der Waals surface area contributed by atoms with Gasteiger partial charge in [0, 0.05) is 6.61 Å². The van der Waals surface area contributed by atoms with Crippen LogP contribution in [0.25, 0.3) is 0 Å². The van der Waals surface area contributed by atoms with Crippen LogP contribution in [0, 0.1) is 0 Å². The van der Waals surface area contributed by atoms with Crippen LogP contribution in [-0.2, 0) is 11.3 Å². The van der Waals surface area contributed by atoms with Crippen molar-refractivity contribution in [3.05, 3.63) is 35.9 Å². The zero-order valence-corrected chi connectivity index (χ0v) is 9.67. The third-order valence-electron chi connectivity index (χ3n) is 2.46. The molecule has 0 aliphatic carbocycles. The van der Waals surface area contributed by atoms with Crippen LogP contribution < -0.4 is 0 Å². The minimum absolute atomic E-state index is 0.576. The molecule has 0 radical (unpaired) electrons. The molecule has 0 saturated heterocycles. The Morgan fingerprint density at radius 1 is 1.19 bits per heavy atom. The van der Waals surface area contributed by atoms with Gasteiger partial charge in [0.2, 0.25) is 0 Å². The first-order valence-electron chi connectivity index (χ1n) is 5.68. The molecular formula is C13H20O3. The number of benzene rings is 1. The summed E-state index contributed by atoms with van der Waals surface area (Å²) in [6.45, 7) is 2.81. The summed E-state index contributed by atoms with van der Waals surface area (Å²) >= 11 is 0. The van der Waals surface area contributed by atoms with Crippen molar-refractivity contribution < 1.29 is 14.9 Å². The predicted octanol–water partition coefficient (Wildman–Crippen LogP) is 1.73. The van der Waals surface area contributed by atoms with Crippen molar-refractivity contribution in [3.8, 4) is 0 Å². The van der Waals surface area contributed by atoms with Crippen LogP contribution in [0.15, 0.2) is 30.3 Å². The number of hydrogen-bond donors (Lipinski definition) is 2. The molecule has 0 unspecified atom stereocenters. The van der Waals surface area contributed by atoms with Crippen molar-refractivity contribution in [2.45, 2.75) is 38.6 Å². The van der Waals surface area contributed by atoms with Gasteiger partial charge in [-0.05, 0) is 25.3 Å². The van der Waals surface area contributed by atoms with Gasteiger partial charge in [-0.2, -0.15) is 0 Å². The molecule has 1 aromatic rings. The number of rotatable bonds is 7. The molecule has 0 aliphatic rings. The van der Waals surface area contributed by atoms with E-state index in [4.69, 9.17) is 9.84 Å². The molecule has 3 heteroatoms. The van der Waals surface area contributed by atoms with Crippen LogP contribution in [0.3, 0.4) is 0 Å². The molecular weight excluding hydrogens is 204 g/mol. The SMILES string of the molecule is C[C@@H](O)[C@@H](O)CCCOCc1ccccc1. The van der Waals surface area contributed by atoms with Crippen molar-refractivity contribution in [3.63, 3.8) is 0 Å². The Balaban J connectivity index is 2.04. The lowest BCUT2D eigenvalue weighted by Gasteiger charge is -2.12. The van der Waals surface area contributed by atoms with Crippen LogP contribution in [0.4, 0.5) is 0 Å². The van der Waals surface area contributed by atoms with Gasteiger partial charge in [-0.3, -0.25) is 0 Å². The smallest absolute Gasteiger partial charge is 0.0797 e. The summed E-state index contributed by atoms with van der Waals surface area (Å²) in [6, 6.07) is 9.98. The Hall–Kier alpha value is -0.900. The van der Waals surface area contributed by atoms with Crippen molar-refractivity contribution in [1.29, 1.82) is 0 Å². The molecule has 0 aromatic heterocycles. The maximum Gasteiger partial charge on any atom is 0.0797 e. The largest absolute Gasteiger partial charge is 0.391 e. The van der Waals surface area contributed by atoms with Gasteiger partial charge in [0.1, 0.15) is 0 Å². The molecule has 1 rings (SSSR count). The molecule has 0 bridgehead atoms. The average molecular weight is 224 g/mol. The molecule has 0 amide bonds. The van der Waals surface area contributed by atoms with Crippen molar-refractivity contribution in [1.82, 2.24) is 0 Å². The highest BCUT2D eigenvalue weighted by Crippen LogP contribution is 2.04. The van der Waals surface area contributed by atoms with Gasteiger partial charge in [0.15, 0.2) is 0 Å². The third-order valence-corrected chi connectivity index (χ3v) is 2.46. The summed E-state index contributed by atoms with van der Waals surface area (Å²) in [7, 11) is 0. The van der Waals surface area contributed by atoms with Gasteiger partial charge >= 0.3 is 0 Å². The fourth-order valence-electron chi connectivity index (χ4n) is 1.40. The molecule has 0 fully saturated rings. The van der Waals surface area contributed by atoms with E-state index in [9.17, 15) is 5.11 Å². The molecule has 2 atom stereocenters. The van der Waals surface area contributed by atoms with Crippen molar-refractivity contribution in [2.75, 3.05) is 6.61 Å². The van der Waals surface area contributed by atoms with Crippen LogP contribution in [-0.4, -0.2) is 29.0 Å². The third kappa shape index (κ3) is 5.26. The van der Waals surface area contributed by atoms with Crippen LogP contribution in [0.2, 0.25) is 0 Å². The van der Waals surface area contributed by atoms with Gasteiger partial charge in [-0.25, -0.2) is 0 Å². The van der Waals surface area contributed by atoms with Gasteiger partial charge in [-0.1, -0.05) is 30.3 Å². The minimum Gasteiger partial charge on any atom is -0.391 e. The van der Waals surface area contributed by atoms with Gasteiger partial charge < -0.3 is 14.9 Å². The van der Waals surface area contributed by atoms with Crippen LogP contribution >= 0.6 is 0 Å². The second-order valence-corrected chi connectivity index (χ2v) is 3.99. The lowest BCUT2D eigenvalue weighted by molar-refractivity contribution is 0.0175. The summed E-state index contributed by atoms with van der Waals surface area (Å²) in [4.78, 5) is 0. The summed E-state index contributed by atoms with van der Waals surface area (Å²) in [5, 5.41) is 18.4. The molecule has 16 heavy (non-hydrogen) atoms. The molecule has 90 valence electrons. The zero-order chi connectivity index (χ0) is 11.8. The number of aliphatic hydroxyl groups is 2. The van der Waals surface area contributed by atoms with Crippen LogP contribution in [0.5, 0.6) is 0 Å². The molecule has 3 nitrogen and oxygen atoms in total. The highest BCUT2D eigenvalue weighted by atomic mass is 16.5. The second kappa shape index (κ2) is 7.39. The van der Waals surface area contributed by atoms with E-state index in [-0.39, 0.29) is 0 Å². The van der Waals surface area contributed by atoms with Gasteiger partial charge in [0.05, 0.1) is 18.8 Å². The summed E-state index contributed by atoms with van der Waals surface area (Å²) in [5.74, 6) is 0. The van der Waals surface area contributed by atoms with E-state index in [0.29, 0.717) is 19.6 Å². The Bertz CT molecular complexity index is 272. The fraction of sp³-hybridized carbons (Fsp3) is 0.538. The Morgan fingerprint density at radius 2 is 1.88 bits per heavy atom. The monoisotopic (exact) mass is 224 g/mol. The molecule has 0 aliphatic heterocycles. The van der Waals surface area contributed by atoms with Crippen LogP contribution in [0.1, 0.15) is 25.3 Å². The second-order valence-electron chi connectivity index (χ2n) is 3.99. The summed E-state index contributed by atoms with van der Waals surface area (Å²) < 4.78 is 5.46. The molecule has 1 aromatic carbocycles. The first-order valence-corrected chi connectivity index (χ1v) is 5.68. The van der Waals surface area contributed by atoms with Crippen molar-refractivity contribution >= 4 is 0 Å². The van der Waals surface area contributed by atoms with E-state index in [1.807, 2.05) is 30.3 Å². The van der Waals surface area contributed by atoms with E-state index < -0.39 is 12.2 Å². The number of aliphatic hydroxyl groups excluding tert-OH is 2. The Kier molecular flexibility index (Phi) is 6.08. The van der Waals surface area contributed by atoms with Gasteiger partial charge in [0.25, 0.3) is 0 Å².